The van der Waals surface area contributed by atoms with Crippen LogP contribution in [0.1, 0.15) is 30.4 Å². The number of halogens is 1. The first-order valence-corrected chi connectivity index (χ1v) is 13.7. The summed E-state index contributed by atoms with van der Waals surface area (Å²) in [4.78, 5) is 12.9. The molecule has 9 heteroatoms. The highest BCUT2D eigenvalue weighted by Crippen LogP contribution is 2.33. The van der Waals surface area contributed by atoms with E-state index in [1.807, 2.05) is 48.5 Å². The van der Waals surface area contributed by atoms with Crippen molar-refractivity contribution in [2.45, 2.75) is 42.5 Å². The number of hydrogen-bond acceptors (Lipinski definition) is 6. The van der Waals surface area contributed by atoms with Gasteiger partial charge >= 0.3 is 0 Å². The van der Waals surface area contributed by atoms with Crippen LogP contribution in [-0.4, -0.2) is 38.2 Å². The molecule has 1 aliphatic rings. The van der Waals surface area contributed by atoms with E-state index in [9.17, 15) is 13.2 Å². The van der Waals surface area contributed by atoms with Crippen molar-refractivity contribution < 1.29 is 22.7 Å². The summed E-state index contributed by atoms with van der Waals surface area (Å²) in [6.07, 6.45) is 2.08. The molecule has 180 valence electrons. The van der Waals surface area contributed by atoms with Crippen molar-refractivity contribution in [3.05, 3.63) is 76.1 Å². The molecule has 0 aliphatic carbocycles. The zero-order chi connectivity index (χ0) is 24.1. The number of sulfonamides is 1. The Morgan fingerprint density at radius 2 is 1.76 bits per heavy atom. The molecule has 1 aromatic heterocycles. The van der Waals surface area contributed by atoms with Crippen LogP contribution in [-0.2, 0) is 27.8 Å². The van der Waals surface area contributed by atoms with Gasteiger partial charge in [-0.1, -0.05) is 48.0 Å². The summed E-state index contributed by atoms with van der Waals surface area (Å²) in [5.41, 5.74) is 2.02. The van der Waals surface area contributed by atoms with Crippen LogP contribution in [0.15, 0.2) is 64.9 Å². The molecule has 1 saturated heterocycles. The minimum Gasteiger partial charge on any atom is -0.493 e. The third kappa shape index (κ3) is 5.63. The molecule has 34 heavy (non-hydrogen) atoms. The summed E-state index contributed by atoms with van der Waals surface area (Å²) in [5, 5.41) is 0. The van der Waals surface area contributed by atoms with Gasteiger partial charge in [-0.25, -0.2) is 8.42 Å². The van der Waals surface area contributed by atoms with E-state index in [2.05, 4.69) is 0 Å². The monoisotopic (exact) mass is 519 g/mol. The number of Topliss-reactive ketones (excluding diaryl/α,β-unsaturated/α-hetero) is 1. The normalized spacial score (nSPS) is 16.5. The number of ketones is 1. The van der Waals surface area contributed by atoms with E-state index in [-0.39, 0.29) is 9.99 Å². The van der Waals surface area contributed by atoms with Gasteiger partial charge in [-0.05, 0) is 54.7 Å². The molecule has 4 rings (SSSR count). The zero-order valence-corrected chi connectivity index (χ0v) is 21.2. The summed E-state index contributed by atoms with van der Waals surface area (Å²) in [5.74, 6) is 1.32. The van der Waals surface area contributed by atoms with Crippen molar-refractivity contribution in [3.8, 4) is 11.5 Å². The van der Waals surface area contributed by atoms with Gasteiger partial charge in [0.1, 0.15) is 10.8 Å². The number of carbonyl (C=O) groups excluding carboxylic acids is 1. The lowest BCUT2D eigenvalue weighted by atomic mass is 10.0. The molecule has 2 heterocycles. The van der Waals surface area contributed by atoms with Crippen molar-refractivity contribution >= 4 is 38.7 Å². The van der Waals surface area contributed by atoms with Gasteiger partial charge < -0.3 is 9.47 Å². The molecule has 2 aromatic carbocycles. The molecule has 0 unspecified atom stereocenters. The topological polar surface area (TPSA) is 72.9 Å². The van der Waals surface area contributed by atoms with Crippen LogP contribution in [0, 0.1) is 0 Å². The Balaban J connectivity index is 1.33. The van der Waals surface area contributed by atoms with Gasteiger partial charge in [-0.2, -0.15) is 4.31 Å². The summed E-state index contributed by atoms with van der Waals surface area (Å²) < 4.78 is 39.1. The molecule has 1 atom stereocenters. The summed E-state index contributed by atoms with van der Waals surface area (Å²) >= 11 is 6.94. The SMILES string of the molecule is COc1ccccc1OCc1ccc(CCC(=O)[C@@H]2CCCN2S(=O)(=O)c2ccc(Cl)s2)cc1. The van der Waals surface area contributed by atoms with Crippen LogP contribution in [0.3, 0.4) is 0 Å². The molecule has 0 amide bonds. The first-order valence-electron chi connectivity index (χ1n) is 11.0. The predicted molar refractivity (Wildman–Crippen MR) is 133 cm³/mol. The highest BCUT2D eigenvalue weighted by molar-refractivity contribution is 7.91. The number of hydrogen-bond donors (Lipinski definition) is 0. The van der Waals surface area contributed by atoms with Crippen LogP contribution < -0.4 is 9.47 Å². The predicted octanol–water partition coefficient (Wildman–Crippen LogP) is 5.34. The number of aryl methyl sites for hydroxylation is 1. The average Bonchev–Trinajstić information content (AvgIpc) is 3.52. The maximum absolute atomic E-state index is 13.0. The third-order valence-corrected chi connectivity index (χ3v) is 9.44. The fourth-order valence-corrected chi connectivity index (χ4v) is 7.33. The zero-order valence-electron chi connectivity index (χ0n) is 18.8. The quantitative estimate of drug-likeness (QED) is 0.361. The van der Waals surface area contributed by atoms with Crippen LogP contribution in [0.5, 0.6) is 11.5 Å². The Hall–Kier alpha value is -2.39. The lowest BCUT2D eigenvalue weighted by Gasteiger charge is -2.22. The van der Waals surface area contributed by atoms with Crippen molar-refractivity contribution in [1.82, 2.24) is 4.31 Å². The van der Waals surface area contributed by atoms with E-state index in [4.69, 9.17) is 21.1 Å². The second-order valence-corrected chi connectivity index (χ2v) is 11.9. The van der Waals surface area contributed by atoms with E-state index in [1.165, 1.54) is 10.4 Å². The van der Waals surface area contributed by atoms with E-state index in [1.54, 1.807) is 13.2 Å². The van der Waals surface area contributed by atoms with E-state index in [0.29, 0.717) is 54.7 Å². The van der Waals surface area contributed by atoms with Crippen LogP contribution >= 0.6 is 22.9 Å². The van der Waals surface area contributed by atoms with Crippen molar-refractivity contribution in [2.75, 3.05) is 13.7 Å². The second kappa shape index (κ2) is 10.9. The molecule has 0 saturated carbocycles. The number of methoxy groups -OCH3 is 1. The third-order valence-electron chi connectivity index (χ3n) is 5.83. The van der Waals surface area contributed by atoms with Crippen molar-refractivity contribution in [1.29, 1.82) is 0 Å². The molecule has 0 bridgehead atoms. The highest BCUT2D eigenvalue weighted by atomic mass is 35.5. The first kappa shape index (κ1) is 24.7. The summed E-state index contributed by atoms with van der Waals surface area (Å²) in [6.45, 7) is 0.760. The molecule has 6 nitrogen and oxygen atoms in total. The summed E-state index contributed by atoms with van der Waals surface area (Å²) in [7, 11) is -2.10. The lowest BCUT2D eigenvalue weighted by Crippen LogP contribution is -2.40. The van der Waals surface area contributed by atoms with Gasteiger partial charge in [0.2, 0.25) is 0 Å². The number of carbonyl (C=O) groups is 1. The lowest BCUT2D eigenvalue weighted by molar-refractivity contribution is -0.122. The van der Waals surface area contributed by atoms with E-state index < -0.39 is 16.1 Å². The molecule has 0 spiro atoms. The highest BCUT2D eigenvalue weighted by Gasteiger charge is 2.39. The number of rotatable bonds is 10. The van der Waals surface area contributed by atoms with Crippen LogP contribution in [0.4, 0.5) is 0 Å². The molecule has 1 fully saturated rings. The minimum atomic E-state index is -3.71. The van der Waals surface area contributed by atoms with Gasteiger partial charge in [0.15, 0.2) is 17.3 Å². The Bertz CT molecular complexity index is 1240. The largest absolute Gasteiger partial charge is 0.493 e. The Morgan fingerprint density at radius 1 is 1.06 bits per heavy atom. The summed E-state index contributed by atoms with van der Waals surface area (Å²) in [6, 6.07) is 17.8. The van der Waals surface area contributed by atoms with Crippen molar-refractivity contribution in [2.24, 2.45) is 0 Å². The molecule has 1 aliphatic heterocycles. The van der Waals surface area contributed by atoms with E-state index in [0.717, 1.165) is 22.5 Å². The fraction of sp³-hybridized carbons (Fsp3) is 0.320. The van der Waals surface area contributed by atoms with E-state index >= 15 is 0 Å². The number of benzene rings is 2. The maximum atomic E-state index is 13.0. The fourth-order valence-electron chi connectivity index (χ4n) is 4.04. The smallest absolute Gasteiger partial charge is 0.253 e. The van der Waals surface area contributed by atoms with Crippen LogP contribution in [0.2, 0.25) is 4.34 Å². The average molecular weight is 520 g/mol. The standard InChI is InChI=1S/C25H26ClNO5S2/c1-31-22-6-2-3-7-23(22)32-17-19-10-8-18(9-11-19)12-13-21(28)20-5-4-16-27(20)34(29,30)25-15-14-24(26)33-25/h2-3,6-11,14-15,20H,4-5,12-13,16-17H2,1H3/t20-/m0/s1. The molecular formula is C25H26ClNO5S2. The molecular weight excluding hydrogens is 494 g/mol. The number of nitrogens with zero attached hydrogens (tertiary/aromatic N) is 1. The maximum Gasteiger partial charge on any atom is 0.253 e. The van der Waals surface area contributed by atoms with Gasteiger partial charge in [-0.15, -0.1) is 11.3 Å². The van der Waals surface area contributed by atoms with Gasteiger partial charge in [0, 0.05) is 13.0 Å². The first-order chi connectivity index (χ1) is 16.4. The Morgan fingerprint density at radius 3 is 2.44 bits per heavy atom. The Kier molecular flexibility index (Phi) is 7.93. The number of para-hydroxylation sites is 2. The molecule has 0 radical (unpaired) electrons. The minimum absolute atomic E-state index is 0.0488. The van der Waals surface area contributed by atoms with Gasteiger partial charge in [-0.3, -0.25) is 4.79 Å². The second-order valence-electron chi connectivity index (χ2n) is 8.05. The Labute approximate surface area is 209 Å². The van der Waals surface area contributed by atoms with Gasteiger partial charge in [0.25, 0.3) is 10.0 Å². The van der Waals surface area contributed by atoms with Gasteiger partial charge in [0.05, 0.1) is 17.5 Å². The number of thiophene rings is 1. The van der Waals surface area contributed by atoms with Crippen molar-refractivity contribution in [3.63, 3.8) is 0 Å². The molecule has 3 aromatic rings. The van der Waals surface area contributed by atoms with Crippen LogP contribution in [0.25, 0.3) is 0 Å². The number of ether oxygens (including phenoxy) is 2. The molecule has 0 N–H and O–H groups in total.